The molecule has 4 aromatic carbocycles. The first-order valence-electron chi connectivity index (χ1n) is 9.42. The Hall–Kier alpha value is -2.78. The third-order valence-electron chi connectivity index (χ3n) is 5.38. The van der Waals surface area contributed by atoms with Gasteiger partial charge >= 0.3 is 0 Å². The lowest BCUT2D eigenvalue weighted by atomic mass is 9.78. The minimum absolute atomic E-state index is 0.0186. The summed E-state index contributed by atoms with van der Waals surface area (Å²) in [6.45, 7) is 0. The van der Waals surface area contributed by atoms with Crippen molar-refractivity contribution in [3.63, 3.8) is 0 Å². The molecule has 0 saturated heterocycles. The summed E-state index contributed by atoms with van der Waals surface area (Å²) in [5, 5.41) is 1.32. The van der Waals surface area contributed by atoms with E-state index >= 15 is 0 Å². The van der Waals surface area contributed by atoms with E-state index in [0.717, 1.165) is 33.4 Å². The summed E-state index contributed by atoms with van der Waals surface area (Å²) in [5.74, 6) is -0.0186. The van der Waals surface area contributed by atoms with Crippen molar-refractivity contribution in [3.05, 3.63) is 117 Å². The van der Waals surface area contributed by atoms with Crippen LogP contribution in [-0.2, 0) is 0 Å². The van der Waals surface area contributed by atoms with Gasteiger partial charge in [0.25, 0.3) is 0 Å². The Morgan fingerprint density at radius 1 is 0.533 bits per heavy atom. The Morgan fingerprint density at radius 2 is 0.967 bits per heavy atom. The molecule has 30 heavy (non-hydrogen) atoms. The second-order valence-electron chi connectivity index (χ2n) is 7.13. The van der Waals surface area contributed by atoms with Crippen molar-refractivity contribution in [2.24, 2.45) is 0 Å². The maximum Gasteiger partial charge on any atom is 0.194 e. The molecule has 0 aromatic heterocycles. The number of rotatable bonds is 2. The van der Waals surface area contributed by atoms with Gasteiger partial charge in [0, 0.05) is 32.3 Å². The van der Waals surface area contributed by atoms with Gasteiger partial charge in [-0.3, -0.25) is 4.79 Å². The molecule has 4 heteroatoms. The number of ketones is 1. The van der Waals surface area contributed by atoms with Crippen molar-refractivity contribution in [1.29, 1.82) is 0 Å². The standard InChI is InChI=1S/C26H14Cl2OS/c27-17-11-7-15(8-12-17)19-3-2-6-22-23(19)25(29)21-5-1-4-20(24(21)26(22)30)16-9-13-18(28)14-10-16/h1-14H. The monoisotopic (exact) mass is 444 g/mol. The Morgan fingerprint density at radius 3 is 1.50 bits per heavy atom. The average Bonchev–Trinajstić information content (AvgIpc) is 2.77. The van der Waals surface area contributed by atoms with E-state index in [2.05, 4.69) is 0 Å². The van der Waals surface area contributed by atoms with Crippen LogP contribution in [-0.4, -0.2) is 10.6 Å². The Labute approximate surface area is 189 Å². The van der Waals surface area contributed by atoms with E-state index in [9.17, 15) is 4.79 Å². The quantitative estimate of drug-likeness (QED) is 0.260. The summed E-state index contributed by atoms with van der Waals surface area (Å²) >= 11 is 18.0. The lowest BCUT2D eigenvalue weighted by Crippen LogP contribution is -2.22. The summed E-state index contributed by atoms with van der Waals surface area (Å²) in [6.07, 6.45) is 0. The first-order valence-corrected chi connectivity index (χ1v) is 10.6. The van der Waals surface area contributed by atoms with Gasteiger partial charge in [0.15, 0.2) is 5.78 Å². The van der Waals surface area contributed by atoms with Gasteiger partial charge in [-0.15, -0.1) is 0 Å². The van der Waals surface area contributed by atoms with E-state index in [4.69, 9.17) is 35.4 Å². The summed E-state index contributed by atoms with van der Waals surface area (Å²) < 4.78 is 0. The van der Waals surface area contributed by atoms with E-state index in [-0.39, 0.29) is 5.78 Å². The summed E-state index contributed by atoms with van der Waals surface area (Å²) in [6, 6.07) is 26.7. The zero-order valence-corrected chi connectivity index (χ0v) is 18.0. The van der Waals surface area contributed by atoms with E-state index in [0.29, 0.717) is 26.0 Å². The van der Waals surface area contributed by atoms with Crippen LogP contribution in [0.15, 0.2) is 84.9 Å². The van der Waals surface area contributed by atoms with Gasteiger partial charge in [0.2, 0.25) is 0 Å². The van der Waals surface area contributed by atoms with Crippen LogP contribution in [0.3, 0.4) is 0 Å². The van der Waals surface area contributed by atoms with E-state index in [1.807, 2.05) is 84.9 Å². The molecular formula is C26H14Cl2OS. The smallest absolute Gasteiger partial charge is 0.194 e. The second-order valence-corrected chi connectivity index (χ2v) is 8.41. The average molecular weight is 445 g/mol. The number of hydrogen-bond acceptors (Lipinski definition) is 2. The van der Waals surface area contributed by atoms with Gasteiger partial charge in [-0.05, 0) is 46.5 Å². The van der Waals surface area contributed by atoms with Crippen LogP contribution < -0.4 is 0 Å². The van der Waals surface area contributed by atoms with Gasteiger partial charge < -0.3 is 0 Å². The Balaban J connectivity index is 1.73. The van der Waals surface area contributed by atoms with Gasteiger partial charge in [-0.25, -0.2) is 0 Å². The lowest BCUT2D eigenvalue weighted by Gasteiger charge is -2.24. The molecule has 1 aliphatic carbocycles. The highest BCUT2D eigenvalue weighted by atomic mass is 35.5. The van der Waals surface area contributed by atoms with Crippen LogP contribution >= 0.6 is 35.4 Å². The third kappa shape index (κ3) is 3.09. The van der Waals surface area contributed by atoms with E-state index < -0.39 is 0 Å². The number of halogens is 2. The number of carbonyl (C=O) groups excluding carboxylic acids is 1. The fraction of sp³-hybridized carbons (Fsp3) is 0. The zero-order valence-electron chi connectivity index (χ0n) is 15.7. The van der Waals surface area contributed by atoms with Crippen molar-refractivity contribution >= 4 is 46.1 Å². The van der Waals surface area contributed by atoms with Crippen LogP contribution in [0.4, 0.5) is 0 Å². The van der Waals surface area contributed by atoms with Crippen molar-refractivity contribution < 1.29 is 4.79 Å². The van der Waals surface area contributed by atoms with Gasteiger partial charge in [0.1, 0.15) is 0 Å². The molecule has 0 spiro atoms. The van der Waals surface area contributed by atoms with Gasteiger partial charge in [-0.1, -0.05) is 96.1 Å². The number of fused-ring (bicyclic) bond motifs is 2. The number of carbonyl (C=O) groups is 1. The largest absolute Gasteiger partial charge is 0.289 e. The Kier molecular flexibility index (Phi) is 4.79. The normalized spacial score (nSPS) is 12.5. The maximum absolute atomic E-state index is 13.6. The van der Waals surface area contributed by atoms with Gasteiger partial charge in [0.05, 0.1) is 4.86 Å². The number of hydrogen-bond donors (Lipinski definition) is 0. The minimum Gasteiger partial charge on any atom is -0.289 e. The van der Waals surface area contributed by atoms with Crippen LogP contribution in [0.25, 0.3) is 22.3 Å². The van der Waals surface area contributed by atoms with Crippen molar-refractivity contribution in [2.45, 2.75) is 0 Å². The molecule has 5 rings (SSSR count). The predicted molar refractivity (Wildman–Crippen MR) is 128 cm³/mol. The molecule has 0 aliphatic heterocycles. The second kappa shape index (κ2) is 7.48. The summed E-state index contributed by atoms with van der Waals surface area (Å²) in [5.41, 5.74) is 6.57. The number of thiocarbonyl (C=S) groups is 1. The molecule has 0 heterocycles. The van der Waals surface area contributed by atoms with Crippen LogP contribution in [0, 0.1) is 0 Å². The molecule has 0 saturated carbocycles. The molecule has 1 nitrogen and oxygen atoms in total. The summed E-state index contributed by atoms with van der Waals surface area (Å²) in [7, 11) is 0. The molecule has 0 N–H and O–H groups in total. The lowest BCUT2D eigenvalue weighted by molar-refractivity contribution is 0.103. The highest BCUT2D eigenvalue weighted by Gasteiger charge is 2.31. The zero-order chi connectivity index (χ0) is 20.8. The highest BCUT2D eigenvalue weighted by Crippen LogP contribution is 2.39. The molecule has 0 unspecified atom stereocenters. The number of benzene rings is 4. The highest BCUT2D eigenvalue weighted by molar-refractivity contribution is 7.81. The third-order valence-corrected chi connectivity index (χ3v) is 6.31. The molecule has 0 amide bonds. The van der Waals surface area contributed by atoms with E-state index in [1.165, 1.54) is 0 Å². The molecule has 0 fully saturated rings. The molecular weight excluding hydrogens is 431 g/mol. The topological polar surface area (TPSA) is 17.1 Å². The van der Waals surface area contributed by atoms with E-state index in [1.54, 1.807) is 0 Å². The fourth-order valence-corrected chi connectivity index (χ4v) is 4.62. The molecule has 144 valence electrons. The Bertz CT molecular complexity index is 1220. The first-order chi connectivity index (χ1) is 14.5. The molecule has 0 atom stereocenters. The van der Waals surface area contributed by atoms with Gasteiger partial charge in [-0.2, -0.15) is 0 Å². The van der Waals surface area contributed by atoms with Crippen molar-refractivity contribution in [2.75, 3.05) is 0 Å². The maximum atomic E-state index is 13.6. The molecule has 4 aromatic rings. The van der Waals surface area contributed by atoms with Crippen molar-refractivity contribution in [1.82, 2.24) is 0 Å². The summed E-state index contributed by atoms with van der Waals surface area (Å²) in [4.78, 5) is 14.3. The first kappa shape index (κ1) is 19.2. The SMILES string of the molecule is O=C1c2cccc(-c3ccc(Cl)cc3)c2C(=S)c2cccc(-c3ccc(Cl)cc3)c21. The van der Waals surface area contributed by atoms with Crippen LogP contribution in [0.5, 0.6) is 0 Å². The molecule has 0 radical (unpaired) electrons. The van der Waals surface area contributed by atoms with Crippen LogP contribution in [0.2, 0.25) is 10.0 Å². The minimum atomic E-state index is -0.0186. The van der Waals surface area contributed by atoms with Crippen LogP contribution in [0.1, 0.15) is 27.0 Å². The predicted octanol–water partition coefficient (Wildman–Crippen LogP) is 7.64. The molecule has 1 aliphatic rings. The fourth-order valence-electron chi connectivity index (χ4n) is 3.98. The van der Waals surface area contributed by atoms with Crippen molar-refractivity contribution in [3.8, 4) is 22.3 Å². The molecule has 0 bridgehead atoms.